The number of benzene rings is 1. The number of anilines is 1. The zero-order valence-electron chi connectivity index (χ0n) is 9.86. The lowest BCUT2D eigenvalue weighted by Crippen LogP contribution is -2.05. The Balaban J connectivity index is 2.58. The average Bonchev–Trinajstić information content (AvgIpc) is 2.75. The van der Waals surface area contributed by atoms with Gasteiger partial charge in [-0.25, -0.2) is 9.18 Å². The van der Waals surface area contributed by atoms with E-state index in [1.165, 1.54) is 25.3 Å². The van der Waals surface area contributed by atoms with Gasteiger partial charge >= 0.3 is 5.97 Å². The highest BCUT2D eigenvalue weighted by molar-refractivity contribution is 5.92. The quantitative estimate of drug-likeness (QED) is 0.826. The van der Waals surface area contributed by atoms with Gasteiger partial charge in [-0.05, 0) is 24.6 Å². The van der Waals surface area contributed by atoms with Gasteiger partial charge in [0, 0.05) is 11.6 Å². The topological polar surface area (TPSA) is 78.4 Å². The van der Waals surface area contributed by atoms with Crippen LogP contribution in [0.5, 0.6) is 0 Å². The molecule has 0 unspecified atom stereocenters. The minimum atomic E-state index is -0.537. The molecule has 0 bridgehead atoms. The predicted molar refractivity (Wildman–Crippen MR) is 62.4 cm³/mol. The molecular weight excluding hydrogens is 239 g/mol. The number of hydrogen-bond donors (Lipinski definition) is 1. The van der Waals surface area contributed by atoms with E-state index >= 15 is 0 Å². The second-order valence-corrected chi connectivity index (χ2v) is 3.75. The molecule has 0 saturated carbocycles. The van der Waals surface area contributed by atoms with Crippen LogP contribution in [0.15, 0.2) is 22.7 Å². The van der Waals surface area contributed by atoms with E-state index in [9.17, 15) is 9.18 Å². The maximum absolute atomic E-state index is 13.8. The molecule has 5 nitrogen and oxygen atoms in total. The molecule has 2 N–H and O–H groups in total. The fraction of sp³-hybridized carbons (Fsp3) is 0.167. The van der Waals surface area contributed by atoms with E-state index < -0.39 is 11.8 Å². The lowest BCUT2D eigenvalue weighted by Gasteiger charge is -2.06. The molecule has 94 valence electrons. The molecule has 0 atom stereocenters. The van der Waals surface area contributed by atoms with Gasteiger partial charge in [-0.2, -0.15) is 0 Å². The van der Waals surface area contributed by atoms with Gasteiger partial charge in [0.05, 0.1) is 12.7 Å². The van der Waals surface area contributed by atoms with Crippen LogP contribution >= 0.6 is 0 Å². The molecule has 0 saturated heterocycles. The van der Waals surface area contributed by atoms with Crippen molar-refractivity contribution in [3.05, 3.63) is 35.1 Å². The molecule has 1 aromatic carbocycles. The number of rotatable bonds is 2. The van der Waals surface area contributed by atoms with Crippen LogP contribution in [0.4, 0.5) is 10.3 Å². The number of nitrogen functional groups attached to an aromatic ring is 1. The van der Waals surface area contributed by atoms with Crippen molar-refractivity contribution in [2.24, 2.45) is 0 Å². The van der Waals surface area contributed by atoms with Gasteiger partial charge in [0.25, 0.3) is 0 Å². The second kappa shape index (κ2) is 4.48. The van der Waals surface area contributed by atoms with Crippen molar-refractivity contribution in [3.8, 4) is 11.3 Å². The van der Waals surface area contributed by atoms with Gasteiger partial charge in [0.1, 0.15) is 11.5 Å². The number of aryl methyl sites for hydroxylation is 1. The van der Waals surface area contributed by atoms with Crippen molar-refractivity contribution in [3.63, 3.8) is 0 Å². The highest BCUT2D eigenvalue weighted by atomic mass is 19.1. The molecule has 0 spiro atoms. The Bertz CT molecular complexity index is 607. The van der Waals surface area contributed by atoms with Gasteiger partial charge in [0.15, 0.2) is 0 Å². The smallest absolute Gasteiger partial charge is 0.338 e. The first kappa shape index (κ1) is 12.1. The summed E-state index contributed by atoms with van der Waals surface area (Å²) in [6, 6.07) is 4.00. The van der Waals surface area contributed by atoms with Crippen molar-refractivity contribution in [2.75, 3.05) is 12.8 Å². The fourth-order valence-corrected chi connectivity index (χ4v) is 1.62. The Kier molecular flexibility index (Phi) is 3.01. The summed E-state index contributed by atoms with van der Waals surface area (Å²) in [6.45, 7) is 1.62. The minimum absolute atomic E-state index is 0.0737. The normalized spacial score (nSPS) is 10.4. The number of halogens is 1. The summed E-state index contributed by atoms with van der Waals surface area (Å²) in [5, 5.41) is 3.61. The Morgan fingerprint density at radius 1 is 1.44 bits per heavy atom. The maximum Gasteiger partial charge on any atom is 0.338 e. The SMILES string of the molecule is COC(=O)c1cc(-c2cc(N)on2)c(F)cc1C. The molecule has 18 heavy (non-hydrogen) atoms. The zero-order chi connectivity index (χ0) is 13.3. The summed E-state index contributed by atoms with van der Waals surface area (Å²) in [7, 11) is 1.26. The molecule has 1 aromatic heterocycles. The first-order valence-electron chi connectivity index (χ1n) is 5.14. The molecule has 0 fully saturated rings. The summed E-state index contributed by atoms with van der Waals surface area (Å²) in [6.07, 6.45) is 0. The number of ether oxygens (including phenoxy) is 1. The van der Waals surface area contributed by atoms with Gasteiger partial charge < -0.3 is 15.0 Å². The lowest BCUT2D eigenvalue weighted by atomic mass is 10.0. The molecule has 0 aliphatic carbocycles. The molecule has 2 rings (SSSR count). The number of methoxy groups -OCH3 is 1. The van der Waals surface area contributed by atoms with Gasteiger partial charge in [0.2, 0.25) is 5.88 Å². The van der Waals surface area contributed by atoms with Crippen LogP contribution in [-0.4, -0.2) is 18.2 Å². The highest BCUT2D eigenvalue weighted by Gasteiger charge is 2.17. The van der Waals surface area contributed by atoms with E-state index in [2.05, 4.69) is 14.4 Å². The summed E-state index contributed by atoms with van der Waals surface area (Å²) in [5.41, 5.74) is 6.51. The molecule has 1 heterocycles. The van der Waals surface area contributed by atoms with Gasteiger partial charge in [-0.1, -0.05) is 5.16 Å². The third-order valence-corrected chi connectivity index (χ3v) is 2.52. The third kappa shape index (κ3) is 2.04. The standard InChI is InChI=1S/C12H11FN2O3/c1-6-3-9(13)8(4-7(6)12(16)17-2)10-5-11(14)18-15-10/h3-5H,14H2,1-2H3. The summed E-state index contributed by atoms with van der Waals surface area (Å²) < 4.78 is 23.1. The minimum Gasteiger partial charge on any atom is -0.465 e. The lowest BCUT2D eigenvalue weighted by molar-refractivity contribution is 0.0600. The largest absolute Gasteiger partial charge is 0.465 e. The Labute approximate surface area is 102 Å². The van der Waals surface area contributed by atoms with Crippen LogP contribution in [0.3, 0.4) is 0 Å². The Hall–Kier alpha value is -2.37. The summed E-state index contributed by atoms with van der Waals surface area (Å²) >= 11 is 0. The molecule has 0 aliphatic heterocycles. The summed E-state index contributed by atoms with van der Waals surface area (Å²) in [4.78, 5) is 11.5. The number of esters is 1. The molecule has 6 heteroatoms. The van der Waals surface area contributed by atoms with Crippen LogP contribution in [0.2, 0.25) is 0 Å². The monoisotopic (exact) mass is 250 g/mol. The van der Waals surface area contributed by atoms with E-state index in [1.54, 1.807) is 6.92 Å². The number of aromatic nitrogens is 1. The van der Waals surface area contributed by atoms with Crippen molar-refractivity contribution in [1.82, 2.24) is 5.16 Å². The Morgan fingerprint density at radius 3 is 2.72 bits per heavy atom. The van der Waals surface area contributed by atoms with Crippen LogP contribution in [0.1, 0.15) is 15.9 Å². The number of nitrogens with zero attached hydrogens (tertiary/aromatic N) is 1. The number of carbonyl (C=O) groups is 1. The molecular formula is C12H11FN2O3. The van der Waals surface area contributed by atoms with E-state index in [1.807, 2.05) is 0 Å². The highest BCUT2D eigenvalue weighted by Crippen LogP contribution is 2.26. The zero-order valence-corrected chi connectivity index (χ0v) is 9.86. The predicted octanol–water partition coefficient (Wildman–Crippen LogP) is 2.16. The van der Waals surface area contributed by atoms with Crippen LogP contribution in [0, 0.1) is 12.7 Å². The molecule has 0 radical (unpaired) electrons. The maximum atomic E-state index is 13.8. The van der Waals surface area contributed by atoms with Gasteiger partial charge in [-0.15, -0.1) is 0 Å². The van der Waals surface area contributed by atoms with Crippen molar-refractivity contribution < 1.29 is 18.4 Å². The van der Waals surface area contributed by atoms with Crippen LogP contribution in [0.25, 0.3) is 11.3 Å². The summed E-state index contributed by atoms with van der Waals surface area (Å²) in [5.74, 6) is -0.969. The Morgan fingerprint density at radius 2 is 2.17 bits per heavy atom. The fourth-order valence-electron chi connectivity index (χ4n) is 1.62. The van der Waals surface area contributed by atoms with Crippen molar-refractivity contribution >= 4 is 11.9 Å². The van der Waals surface area contributed by atoms with E-state index in [0.29, 0.717) is 5.56 Å². The first-order chi connectivity index (χ1) is 8.52. The van der Waals surface area contributed by atoms with E-state index in [-0.39, 0.29) is 22.7 Å². The first-order valence-corrected chi connectivity index (χ1v) is 5.14. The third-order valence-electron chi connectivity index (χ3n) is 2.52. The number of nitrogens with two attached hydrogens (primary N) is 1. The van der Waals surface area contributed by atoms with E-state index in [4.69, 9.17) is 5.73 Å². The van der Waals surface area contributed by atoms with E-state index in [0.717, 1.165) is 0 Å². The molecule has 2 aromatic rings. The second-order valence-electron chi connectivity index (χ2n) is 3.75. The number of carbonyl (C=O) groups excluding carboxylic acids is 1. The van der Waals surface area contributed by atoms with Crippen LogP contribution < -0.4 is 5.73 Å². The number of hydrogen-bond acceptors (Lipinski definition) is 5. The average molecular weight is 250 g/mol. The van der Waals surface area contributed by atoms with Crippen LogP contribution in [-0.2, 0) is 4.74 Å². The van der Waals surface area contributed by atoms with Crippen molar-refractivity contribution in [2.45, 2.75) is 6.92 Å². The molecule has 0 amide bonds. The molecule has 0 aliphatic rings. The van der Waals surface area contributed by atoms with Gasteiger partial charge in [-0.3, -0.25) is 0 Å². The van der Waals surface area contributed by atoms with Crippen molar-refractivity contribution in [1.29, 1.82) is 0 Å².